The van der Waals surface area contributed by atoms with E-state index < -0.39 is 0 Å². The van der Waals surface area contributed by atoms with Crippen LogP contribution in [0, 0.1) is 6.92 Å². The first-order chi connectivity index (χ1) is 6.18. The second-order valence-corrected chi connectivity index (χ2v) is 3.95. The number of carbonyl (C=O) groups is 1. The SMILES string of the molecule is Cc1ccc(CCCC(=O)P)cc1. The predicted molar refractivity (Wildman–Crippen MR) is 58.8 cm³/mol. The Balaban J connectivity index is 2.37. The van der Waals surface area contributed by atoms with E-state index in [-0.39, 0.29) is 5.52 Å². The van der Waals surface area contributed by atoms with Gasteiger partial charge in [0.15, 0.2) is 0 Å². The zero-order valence-corrected chi connectivity index (χ0v) is 9.07. The van der Waals surface area contributed by atoms with E-state index in [0.717, 1.165) is 12.8 Å². The molecule has 0 bridgehead atoms. The minimum Gasteiger partial charge on any atom is -0.295 e. The van der Waals surface area contributed by atoms with E-state index in [0.29, 0.717) is 6.42 Å². The van der Waals surface area contributed by atoms with Gasteiger partial charge in [-0.3, -0.25) is 4.79 Å². The van der Waals surface area contributed by atoms with Gasteiger partial charge >= 0.3 is 0 Å². The Kier molecular flexibility index (Phi) is 4.11. The van der Waals surface area contributed by atoms with E-state index in [9.17, 15) is 4.79 Å². The molecule has 1 unspecified atom stereocenters. The number of carbonyl (C=O) groups excluding carboxylic acids is 1. The van der Waals surface area contributed by atoms with Gasteiger partial charge in [0.25, 0.3) is 0 Å². The van der Waals surface area contributed by atoms with Gasteiger partial charge in [-0.15, -0.1) is 0 Å². The molecule has 1 nitrogen and oxygen atoms in total. The first-order valence-corrected chi connectivity index (χ1v) is 5.10. The van der Waals surface area contributed by atoms with Crippen molar-refractivity contribution >= 4 is 14.8 Å². The third kappa shape index (κ3) is 4.19. The maximum atomic E-state index is 10.7. The molecule has 0 fully saturated rings. The lowest BCUT2D eigenvalue weighted by Gasteiger charge is -2.00. The molecule has 0 amide bonds. The molecule has 1 aromatic rings. The van der Waals surface area contributed by atoms with Crippen LogP contribution < -0.4 is 0 Å². The fourth-order valence-electron chi connectivity index (χ4n) is 1.22. The van der Waals surface area contributed by atoms with E-state index in [4.69, 9.17) is 0 Å². The molecule has 70 valence electrons. The standard InChI is InChI=1S/C11H15OP/c1-9-5-7-10(8-6-9)3-2-4-11(12)13/h5-8H,2-4,13H2,1H3. The summed E-state index contributed by atoms with van der Waals surface area (Å²) in [5, 5.41) is 0. The highest BCUT2D eigenvalue weighted by atomic mass is 31.0. The van der Waals surface area contributed by atoms with Gasteiger partial charge in [-0.25, -0.2) is 0 Å². The van der Waals surface area contributed by atoms with Crippen molar-refractivity contribution in [1.82, 2.24) is 0 Å². The fourth-order valence-corrected chi connectivity index (χ4v) is 1.43. The van der Waals surface area contributed by atoms with Crippen molar-refractivity contribution in [3.63, 3.8) is 0 Å². The van der Waals surface area contributed by atoms with Crippen molar-refractivity contribution in [2.75, 3.05) is 0 Å². The molecule has 1 aromatic carbocycles. The van der Waals surface area contributed by atoms with Crippen LogP contribution in [0.1, 0.15) is 24.0 Å². The predicted octanol–water partition coefficient (Wildman–Crippen LogP) is 2.72. The molecule has 2 heteroatoms. The monoisotopic (exact) mass is 194 g/mol. The molecule has 0 spiro atoms. The number of hydrogen-bond donors (Lipinski definition) is 0. The molecular weight excluding hydrogens is 179 g/mol. The zero-order chi connectivity index (χ0) is 9.68. The second kappa shape index (κ2) is 5.14. The van der Waals surface area contributed by atoms with Gasteiger partial charge in [0.1, 0.15) is 5.52 Å². The topological polar surface area (TPSA) is 17.1 Å². The summed E-state index contributed by atoms with van der Waals surface area (Å²) in [7, 11) is 2.21. The Morgan fingerprint density at radius 2 is 1.92 bits per heavy atom. The molecule has 0 radical (unpaired) electrons. The Morgan fingerprint density at radius 3 is 2.46 bits per heavy atom. The average molecular weight is 194 g/mol. The highest BCUT2D eigenvalue weighted by Gasteiger charge is 1.95. The maximum Gasteiger partial charge on any atom is 0.148 e. The third-order valence-corrected chi connectivity index (χ3v) is 2.30. The highest BCUT2D eigenvalue weighted by Crippen LogP contribution is 2.08. The van der Waals surface area contributed by atoms with Gasteiger partial charge in [0.2, 0.25) is 0 Å². The van der Waals surface area contributed by atoms with Crippen LogP contribution in [0.5, 0.6) is 0 Å². The normalized spacial score (nSPS) is 10.0. The fraction of sp³-hybridized carbons (Fsp3) is 0.364. The number of aryl methyl sites for hydroxylation is 2. The Labute approximate surface area is 81.7 Å². The third-order valence-electron chi connectivity index (χ3n) is 2.01. The minimum absolute atomic E-state index is 0.201. The molecule has 0 heterocycles. The number of benzene rings is 1. The molecular formula is C11H15OP. The van der Waals surface area contributed by atoms with E-state index in [2.05, 4.69) is 40.4 Å². The summed E-state index contributed by atoms with van der Waals surface area (Å²) in [5.41, 5.74) is 2.80. The quantitative estimate of drug-likeness (QED) is 0.673. The first kappa shape index (κ1) is 10.4. The molecule has 0 saturated carbocycles. The maximum absolute atomic E-state index is 10.7. The molecule has 1 rings (SSSR count). The van der Waals surface area contributed by atoms with Crippen molar-refractivity contribution < 1.29 is 4.79 Å². The van der Waals surface area contributed by atoms with Crippen LogP contribution in [-0.4, -0.2) is 5.52 Å². The summed E-state index contributed by atoms with van der Waals surface area (Å²) in [6, 6.07) is 8.47. The largest absolute Gasteiger partial charge is 0.295 e. The molecule has 0 saturated heterocycles. The minimum atomic E-state index is 0.201. The second-order valence-electron chi connectivity index (χ2n) is 3.31. The Bertz CT molecular complexity index is 277. The summed E-state index contributed by atoms with van der Waals surface area (Å²) < 4.78 is 0. The van der Waals surface area contributed by atoms with Gasteiger partial charge < -0.3 is 0 Å². The molecule has 0 aromatic heterocycles. The van der Waals surface area contributed by atoms with Gasteiger partial charge in [0.05, 0.1) is 0 Å². The van der Waals surface area contributed by atoms with Crippen LogP contribution in [0.2, 0.25) is 0 Å². The first-order valence-electron chi connectivity index (χ1n) is 4.52. The zero-order valence-electron chi connectivity index (χ0n) is 7.92. The van der Waals surface area contributed by atoms with E-state index in [1.54, 1.807) is 0 Å². The van der Waals surface area contributed by atoms with Gasteiger partial charge in [-0.1, -0.05) is 39.1 Å². The lowest BCUT2D eigenvalue weighted by Crippen LogP contribution is -1.89. The average Bonchev–Trinajstić information content (AvgIpc) is 2.08. The van der Waals surface area contributed by atoms with E-state index in [1.165, 1.54) is 11.1 Å². The lowest BCUT2D eigenvalue weighted by molar-refractivity contribution is -0.111. The van der Waals surface area contributed by atoms with Gasteiger partial charge in [-0.2, -0.15) is 0 Å². The van der Waals surface area contributed by atoms with E-state index >= 15 is 0 Å². The van der Waals surface area contributed by atoms with Crippen LogP contribution in [0.25, 0.3) is 0 Å². The number of hydrogen-bond acceptors (Lipinski definition) is 1. The van der Waals surface area contributed by atoms with Crippen molar-refractivity contribution in [3.8, 4) is 0 Å². The summed E-state index contributed by atoms with van der Waals surface area (Å²) in [6.45, 7) is 2.08. The lowest BCUT2D eigenvalue weighted by atomic mass is 10.1. The Hall–Kier alpha value is -0.680. The molecule has 0 aliphatic rings. The summed E-state index contributed by atoms with van der Waals surface area (Å²) >= 11 is 0. The van der Waals surface area contributed by atoms with Crippen LogP contribution in [-0.2, 0) is 11.2 Å². The summed E-state index contributed by atoms with van der Waals surface area (Å²) in [4.78, 5) is 10.7. The number of rotatable bonds is 4. The van der Waals surface area contributed by atoms with Crippen LogP contribution in [0.4, 0.5) is 0 Å². The van der Waals surface area contributed by atoms with Crippen molar-refractivity contribution in [2.24, 2.45) is 0 Å². The van der Waals surface area contributed by atoms with Crippen LogP contribution >= 0.6 is 9.24 Å². The van der Waals surface area contributed by atoms with Gasteiger partial charge in [-0.05, 0) is 25.3 Å². The molecule has 1 atom stereocenters. The molecule has 0 N–H and O–H groups in total. The van der Waals surface area contributed by atoms with E-state index in [1.807, 2.05) is 0 Å². The van der Waals surface area contributed by atoms with Crippen LogP contribution in [0.15, 0.2) is 24.3 Å². The van der Waals surface area contributed by atoms with Gasteiger partial charge in [0, 0.05) is 6.42 Å². The Morgan fingerprint density at radius 1 is 1.31 bits per heavy atom. The molecule has 0 aliphatic heterocycles. The molecule has 13 heavy (non-hydrogen) atoms. The summed E-state index contributed by atoms with van der Waals surface area (Å²) in [5.74, 6) is 0. The smallest absolute Gasteiger partial charge is 0.148 e. The van der Waals surface area contributed by atoms with Crippen molar-refractivity contribution in [1.29, 1.82) is 0 Å². The van der Waals surface area contributed by atoms with Crippen molar-refractivity contribution in [3.05, 3.63) is 35.4 Å². The molecule has 0 aliphatic carbocycles. The highest BCUT2D eigenvalue weighted by molar-refractivity contribution is 7.40. The van der Waals surface area contributed by atoms with Crippen molar-refractivity contribution in [2.45, 2.75) is 26.2 Å². The van der Waals surface area contributed by atoms with Crippen LogP contribution in [0.3, 0.4) is 0 Å². The summed E-state index contributed by atoms with van der Waals surface area (Å²) in [6.07, 6.45) is 2.62.